The number of aryl methyl sites for hydroxylation is 3. The van der Waals surface area contributed by atoms with Gasteiger partial charge in [-0.1, -0.05) is 12.1 Å². The third-order valence-electron chi connectivity index (χ3n) is 5.19. The van der Waals surface area contributed by atoms with Crippen molar-refractivity contribution >= 4 is 17.2 Å². The number of carbonyl (C=O) groups excluding carboxylic acids is 1. The minimum atomic E-state index is -0.172. The molecule has 0 aliphatic carbocycles. The fourth-order valence-electron chi connectivity index (χ4n) is 3.33. The molecule has 2 aromatic heterocycles. The molecule has 0 aliphatic rings. The average molecular weight is 385 g/mol. The lowest BCUT2D eigenvalue weighted by Crippen LogP contribution is -2.13. The molecule has 2 aromatic carbocycles. The number of carbonyl (C=O) groups is 1. The Labute approximate surface area is 170 Å². The second-order valence-electron chi connectivity index (χ2n) is 7.22. The van der Waals surface area contributed by atoms with Crippen LogP contribution < -0.4 is 10.1 Å². The van der Waals surface area contributed by atoms with Gasteiger partial charge in [0.15, 0.2) is 0 Å². The van der Waals surface area contributed by atoms with Gasteiger partial charge < -0.3 is 14.5 Å². The zero-order valence-corrected chi connectivity index (χ0v) is 17.0. The second-order valence-corrected chi connectivity index (χ2v) is 7.22. The predicted molar refractivity (Wildman–Crippen MR) is 116 cm³/mol. The molecule has 1 amide bonds. The molecule has 5 nitrogen and oxygen atoms in total. The smallest absolute Gasteiger partial charge is 0.255 e. The third kappa shape index (κ3) is 3.59. The van der Waals surface area contributed by atoms with E-state index in [9.17, 15) is 4.79 Å². The first-order chi connectivity index (χ1) is 14.0. The number of ether oxygens (including phenoxy) is 1. The lowest BCUT2D eigenvalue weighted by Gasteiger charge is -2.12. The maximum absolute atomic E-state index is 12.8. The van der Waals surface area contributed by atoms with Gasteiger partial charge in [-0.25, -0.2) is 4.98 Å². The summed E-state index contributed by atoms with van der Waals surface area (Å²) in [6.07, 6.45) is 3.96. The molecule has 0 spiro atoms. The fraction of sp³-hybridized carbons (Fsp3) is 0.167. The molecular formula is C24H23N3O2. The number of nitrogens with one attached hydrogen (secondary N) is 1. The number of hydrogen-bond donors (Lipinski definition) is 1. The van der Waals surface area contributed by atoms with Gasteiger partial charge in [-0.05, 0) is 73.9 Å². The summed E-state index contributed by atoms with van der Waals surface area (Å²) in [5, 5.41) is 2.98. The van der Waals surface area contributed by atoms with E-state index in [4.69, 9.17) is 9.72 Å². The lowest BCUT2D eigenvalue weighted by molar-refractivity contribution is 0.102. The van der Waals surface area contributed by atoms with Gasteiger partial charge in [0.05, 0.1) is 18.5 Å². The largest absolute Gasteiger partial charge is 0.495 e. The highest BCUT2D eigenvalue weighted by molar-refractivity contribution is 6.05. The lowest BCUT2D eigenvalue weighted by atomic mass is 10.1. The van der Waals surface area contributed by atoms with Crippen LogP contribution in [-0.4, -0.2) is 22.4 Å². The van der Waals surface area contributed by atoms with Crippen LogP contribution in [0.1, 0.15) is 27.0 Å². The number of pyridine rings is 1. The minimum Gasteiger partial charge on any atom is -0.495 e. The zero-order chi connectivity index (χ0) is 20.5. The minimum absolute atomic E-state index is 0.172. The number of fused-ring (bicyclic) bond motifs is 1. The quantitative estimate of drug-likeness (QED) is 0.526. The molecule has 29 heavy (non-hydrogen) atoms. The van der Waals surface area contributed by atoms with Crippen molar-refractivity contribution in [3.8, 4) is 17.0 Å². The molecule has 0 aliphatic heterocycles. The van der Waals surface area contributed by atoms with Crippen LogP contribution in [0.3, 0.4) is 0 Å². The molecule has 0 saturated carbocycles. The number of amides is 1. The van der Waals surface area contributed by atoms with Crippen LogP contribution >= 0.6 is 0 Å². The van der Waals surface area contributed by atoms with Crippen molar-refractivity contribution in [3.05, 3.63) is 83.2 Å². The molecule has 5 heteroatoms. The van der Waals surface area contributed by atoms with Crippen molar-refractivity contribution in [2.75, 3.05) is 12.4 Å². The van der Waals surface area contributed by atoms with Crippen molar-refractivity contribution in [1.82, 2.24) is 9.38 Å². The monoisotopic (exact) mass is 385 g/mol. The number of imidazole rings is 1. The maximum atomic E-state index is 12.8. The first kappa shape index (κ1) is 18.7. The molecule has 0 fully saturated rings. The Balaban J connectivity index is 1.70. The van der Waals surface area contributed by atoms with Crippen molar-refractivity contribution in [2.45, 2.75) is 20.8 Å². The van der Waals surface area contributed by atoms with E-state index in [0.29, 0.717) is 17.0 Å². The zero-order valence-electron chi connectivity index (χ0n) is 17.0. The molecule has 4 rings (SSSR count). The second kappa shape index (κ2) is 7.43. The van der Waals surface area contributed by atoms with E-state index in [-0.39, 0.29) is 5.91 Å². The van der Waals surface area contributed by atoms with Crippen LogP contribution in [0.4, 0.5) is 5.69 Å². The summed E-state index contributed by atoms with van der Waals surface area (Å²) in [6.45, 7) is 6.06. The highest BCUT2D eigenvalue weighted by atomic mass is 16.5. The number of benzene rings is 2. The molecule has 146 valence electrons. The Kier molecular flexibility index (Phi) is 4.80. The summed E-state index contributed by atoms with van der Waals surface area (Å²) in [5.41, 5.74) is 7.23. The molecular weight excluding hydrogens is 362 g/mol. The van der Waals surface area contributed by atoms with E-state index in [2.05, 4.69) is 5.32 Å². The van der Waals surface area contributed by atoms with Gasteiger partial charge in [0.25, 0.3) is 5.91 Å². The fourth-order valence-corrected chi connectivity index (χ4v) is 3.33. The molecule has 0 radical (unpaired) electrons. The van der Waals surface area contributed by atoms with Gasteiger partial charge in [0.1, 0.15) is 11.4 Å². The molecule has 4 aromatic rings. The molecule has 0 unspecified atom stereocenters. The van der Waals surface area contributed by atoms with E-state index in [1.54, 1.807) is 7.11 Å². The summed E-state index contributed by atoms with van der Waals surface area (Å²) in [5.74, 6) is 0.431. The Bertz CT molecular complexity index is 1220. The van der Waals surface area contributed by atoms with Crippen LogP contribution in [0.5, 0.6) is 5.75 Å². The molecule has 0 saturated heterocycles. The summed E-state index contributed by atoms with van der Waals surface area (Å²) < 4.78 is 7.46. The van der Waals surface area contributed by atoms with Crippen LogP contribution in [0, 0.1) is 20.8 Å². The molecule has 0 bridgehead atoms. The summed E-state index contributed by atoms with van der Waals surface area (Å²) >= 11 is 0. The number of hydrogen-bond acceptors (Lipinski definition) is 3. The van der Waals surface area contributed by atoms with Gasteiger partial charge in [-0.15, -0.1) is 0 Å². The van der Waals surface area contributed by atoms with Crippen LogP contribution in [0.2, 0.25) is 0 Å². The van der Waals surface area contributed by atoms with Crippen molar-refractivity contribution in [2.24, 2.45) is 0 Å². The Hall–Kier alpha value is -3.60. The number of anilines is 1. The SMILES string of the molecule is COc1ccc(-c2cn3cccc(C)c3n2)cc1NC(=O)c1ccc(C)c(C)c1. The number of rotatable bonds is 4. The Morgan fingerprint density at radius 2 is 1.83 bits per heavy atom. The number of methoxy groups -OCH3 is 1. The van der Waals surface area contributed by atoms with Crippen LogP contribution in [-0.2, 0) is 0 Å². The van der Waals surface area contributed by atoms with E-state index in [1.807, 2.05) is 86.1 Å². The van der Waals surface area contributed by atoms with Crippen LogP contribution in [0.15, 0.2) is 60.9 Å². The van der Waals surface area contributed by atoms with E-state index < -0.39 is 0 Å². The van der Waals surface area contributed by atoms with Gasteiger partial charge in [-0.2, -0.15) is 0 Å². The van der Waals surface area contributed by atoms with E-state index >= 15 is 0 Å². The van der Waals surface area contributed by atoms with E-state index in [1.165, 1.54) is 0 Å². The highest BCUT2D eigenvalue weighted by Crippen LogP contribution is 2.31. The maximum Gasteiger partial charge on any atom is 0.255 e. The standard InChI is InChI=1S/C24H23N3O2/c1-15-7-8-19(12-17(15)3)24(28)26-20-13-18(9-10-22(20)29-4)21-14-27-11-5-6-16(2)23(27)25-21/h5-14H,1-4H3,(H,26,28). The topological polar surface area (TPSA) is 55.6 Å². The third-order valence-corrected chi connectivity index (χ3v) is 5.19. The summed E-state index contributed by atoms with van der Waals surface area (Å²) in [6, 6.07) is 15.4. The van der Waals surface area contributed by atoms with Crippen LogP contribution in [0.25, 0.3) is 16.9 Å². The molecule has 0 atom stereocenters. The van der Waals surface area contributed by atoms with E-state index in [0.717, 1.165) is 33.6 Å². The average Bonchev–Trinajstić information content (AvgIpc) is 3.16. The van der Waals surface area contributed by atoms with Gasteiger partial charge >= 0.3 is 0 Å². The van der Waals surface area contributed by atoms with Crippen molar-refractivity contribution in [1.29, 1.82) is 0 Å². The first-order valence-corrected chi connectivity index (χ1v) is 9.47. The Morgan fingerprint density at radius 1 is 1.00 bits per heavy atom. The summed E-state index contributed by atoms with van der Waals surface area (Å²) in [7, 11) is 1.59. The number of nitrogens with zero attached hydrogens (tertiary/aromatic N) is 2. The number of aromatic nitrogens is 2. The van der Waals surface area contributed by atoms with Gasteiger partial charge in [-0.3, -0.25) is 4.79 Å². The first-order valence-electron chi connectivity index (χ1n) is 9.47. The van der Waals surface area contributed by atoms with Crippen molar-refractivity contribution in [3.63, 3.8) is 0 Å². The van der Waals surface area contributed by atoms with Gasteiger partial charge in [0.2, 0.25) is 0 Å². The van der Waals surface area contributed by atoms with Crippen molar-refractivity contribution < 1.29 is 9.53 Å². The normalized spacial score (nSPS) is 10.9. The Morgan fingerprint density at radius 3 is 2.55 bits per heavy atom. The highest BCUT2D eigenvalue weighted by Gasteiger charge is 2.13. The predicted octanol–water partition coefficient (Wildman–Crippen LogP) is 5.19. The van der Waals surface area contributed by atoms with Gasteiger partial charge in [0, 0.05) is 23.5 Å². The molecule has 1 N–H and O–H groups in total. The molecule has 2 heterocycles. The summed E-state index contributed by atoms with van der Waals surface area (Å²) in [4.78, 5) is 17.5.